The Morgan fingerprint density at radius 1 is 1.44 bits per heavy atom. The van der Waals surface area contributed by atoms with Crippen molar-refractivity contribution in [1.82, 2.24) is 0 Å². The maximum absolute atomic E-state index is 11.8. The molecular formula is C14H26O4. The highest BCUT2D eigenvalue weighted by atomic mass is 16.6. The smallest absolute Gasteiger partial charge is 0.340 e. The van der Waals surface area contributed by atoms with Crippen LogP contribution in [-0.4, -0.2) is 34.5 Å². The summed E-state index contributed by atoms with van der Waals surface area (Å²) in [6.07, 6.45) is 2.92. The van der Waals surface area contributed by atoms with Crippen LogP contribution in [-0.2, 0) is 9.53 Å². The summed E-state index contributed by atoms with van der Waals surface area (Å²) in [5.41, 5.74) is -1.79. The lowest BCUT2D eigenvalue weighted by Gasteiger charge is -2.37. The van der Waals surface area contributed by atoms with E-state index in [-0.39, 0.29) is 6.10 Å². The lowest BCUT2D eigenvalue weighted by atomic mass is 9.75. The number of carbonyl (C=O) groups excluding carboxylic acids is 1. The Hall–Kier alpha value is -0.610. The van der Waals surface area contributed by atoms with Crippen LogP contribution in [0.5, 0.6) is 0 Å². The Kier molecular flexibility index (Phi) is 5.17. The van der Waals surface area contributed by atoms with Crippen molar-refractivity contribution in [2.24, 2.45) is 17.8 Å². The number of ether oxygens (including phenoxy) is 1. The Morgan fingerprint density at radius 3 is 2.56 bits per heavy atom. The van der Waals surface area contributed by atoms with Gasteiger partial charge in [-0.3, -0.25) is 0 Å². The molecule has 2 N–H and O–H groups in total. The fraction of sp³-hybridized carbons (Fsp3) is 0.929. The van der Waals surface area contributed by atoms with E-state index in [9.17, 15) is 9.90 Å². The van der Waals surface area contributed by atoms with Crippen LogP contribution >= 0.6 is 0 Å². The molecule has 0 saturated heterocycles. The molecule has 0 aliphatic heterocycles. The predicted octanol–water partition coefficient (Wildman–Crippen LogP) is 1.73. The molecule has 4 atom stereocenters. The minimum Gasteiger partial charge on any atom is -0.460 e. The van der Waals surface area contributed by atoms with Gasteiger partial charge in [0, 0.05) is 0 Å². The Balaban J connectivity index is 2.69. The monoisotopic (exact) mass is 258 g/mol. The molecule has 1 saturated carbocycles. The number of rotatable bonds is 4. The van der Waals surface area contributed by atoms with E-state index >= 15 is 0 Å². The van der Waals surface area contributed by atoms with E-state index in [0.717, 1.165) is 19.3 Å². The molecule has 1 unspecified atom stereocenters. The van der Waals surface area contributed by atoms with Crippen molar-refractivity contribution in [3.63, 3.8) is 0 Å². The van der Waals surface area contributed by atoms with Gasteiger partial charge >= 0.3 is 5.97 Å². The van der Waals surface area contributed by atoms with Gasteiger partial charge in [-0.2, -0.15) is 0 Å². The van der Waals surface area contributed by atoms with Crippen molar-refractivity contribution in [1.29, 1.82) is 0 Å². The molecule has 0 bridgehead atoms. The van der Waals surface area contributed by atoms with Gasteiger partial charge in [-0.25, -0.2) is 4.79 Å². The molecular weight excluding hydrogens is 232 g/mol. The van der Waals surface area contributed by atoms with E-state index in [2.05, 4.69) is 20.8 Å². The number of aliphatic hydroxyl groups is 2. The predicted molar refractivity (Wildman–Crippen MR) is 68.9 cm³/mol. The molecule has 1 aliphatic rings. The van der Waals surface area contributed by atoms with Crippen molar-refractivity contribution in [2.75, 3.05) is 6.61 Å². The molecule has 106 valence electrons. The fourth-order valence-electron chi connectivity index (χ4n) is 2.58. The number of aliphatic hydroxyl groups excluding tert-OH is 1. The van der Waals surface area contributed by atoms with Crippen molar-refractivity contribution in [3.05, 3.63) is 0 Å². The summed E-state index contributed by atoms with van der Waals surface area (Å²) in [5.74, 6) is 0.626. The summed E-state index contributed by atoms with van der Waals surface area (Å²) < 4.78 is 5.44. The van der Waals surface area contributed by atoms with Gasteiger partial charge in [0.25, 0.3) is 0 Å². The van der Waals surface area contributed by atoms with Crippen molar-refractivity contribution in [3.8, 4) is 0 Å². The van der Waals surface area contributed by atoms with Crippen LogP contribution in [0.25, 0.3) is 0 Å². The lowest BCUT2D eigenvalue weighted by Crippen LogP contribution is -2.45. The molecule has 0 aromatic heterocycles. The molecule has 0 aromatic rings. The van der Waals surface area contributed by atoms with Gasteiger partial charge in [0.2, 0.25) is 0 Å². The molecule has 18 heavy (non-hydrogen) atoms. The summed E-state index contributed by atoms with van der Waals surface area (Å²) in [4.78, 5) is 11.8. The van der Waals surface area contributed by atoms with Gasteiger partial charge in [-0.05, 0) is 37.5 Å². The van der Waals surface area contributed by atoms with Crippen LogP contribution in [0.15, 0.2) is 0 Å². The molecule has 0 aromatic carbocycles. The second-order valence-corrected chi connectivity index (χ2v) is 6.20. The molecule has 0 heterocycles. The highest BCUT2D eigenvalue weighted by Gasteiger charge is 2.38. The topological polar surface area (TPSA) is 66.8 Å². The second kappa shape index (κ2) is 6.02. The SMILES string of the molecule is CC(C)C1CC[C@@H](C)C[C@H]1OC(=O)[C@@](C)(O)CO. The lowest BCUT2D eigenvalue weighted by molar-refractivity contribution is -0.179. The Labute approximate surface area is 109 Å². The highest BCUT2D eigenvalue weighted by molar-refractivity contribution is 5.79. The first-order valence-corrected chi connectivity index (χ1v) is 6.82. The first-order valence-electron chi connectivity index (χ1n) is 6.82. The molecule has 1 fully saturated rings. The van der Waals surface area contributed by atoms with Gasteiger partial charge in [0.15, 0.2) is 5.60 Å². The van der Waals surface area contributed by atoms with E-state index in [1.165, 1.54) is 6.92 Å². The zero-order valence-electron chi connectivity index (χ0n) is 11.8. The molecule has 4 heteroatoms. The van der Waals surface area contributed by atoms with Gasteiger partial charge in [-0.15, -0.1) is 0 Å². The third-order valence-electron chi connectivity index (χ3n) is 3.97. The summed E-state index contributed by atoms with van der Waals surface area (Å²) in [6.45, 7) is 7.09. The normalized spacial score (nSPS) is 32.1. The Bertz CT molecular complexity index is 286. The van der Waals surface area contributed by atoms with E-state index in [4.69, 9.17) is 9.84 Å². The van der Waals surface area contributed by atoms with Crippen molar-refractivity contribution in [2.45, 2.75) is 58.7 Å². The second-order valence-electron chi connectivity index (χ2n) is 6.20. The third-order valence-corrected chi connectivity index (χ3v) is 3.97. The quantitative estimate of drug-likeness (QED) is 0.754. The minimum absolute atomic E-state index is 0.140. The molecule has 4 nitrogen and oxygen atoms in total. The third kappa shape index (κ3) is 3.69. The first-order chi connectivity index (χ1) is 8.27. The molecule has 0 spiro atoms. The maximum atomic E-state index is 11.8. The minimum atomic E-state index is -1.79. The van der Waals surface area contributed by atoms with Gasteiger partial charge < -0.3 is 14.9 Å². The van der Waals surface area contributed by atoms with Crippen LogP contribution in [0.4, 0.5) is 0 Å². The van der Waals surface area contributed by atoms with E-state index in [1.54, 1.807) is 0 Å². The largest absolute Gasteiger partial charge is 0.460 e. The average molecular weight is 258 g/mol. The van der Waals surface area contributed by atoms with E-state index in [0.29, 0.717) is 17.8 Å². The summed E-state index contributed by atoms with van der Waals surface area (Å²) in [7, 11) is 0. The number of esters is 1. The molecule has 1 aliphatic carbocycles. The highest BCUT2D eigenvalue weighted by Crippen LogP contribution is 2.35. The van der Waals surface area contributed by atoms with Crippen LogP contribution < -0.4 is 0 Å². The number of hydrogen-bond donors (Lipinski definition) is 2. The standard InChI is InChI=1S/C14H26O4/c1-9(2)11-6-5-10(3)7-12(11)18-13(16)14(4,17)8-15/h9-12,15,17H,5-8H2,1-4H3/t10-,11?,12-,14+/m1/s1. The van der Waals surface area contributed by atoms with Crippen LogP contribution in [0.1, 0.15) is 47.0 Å². The number of hydrogen-bond acceptors (Lipinski definition) is 4. The summed E-state index contributed by atoms with van der Waals surface area (Å²) >= 11 is 0. The van der Waals surface area contributed by atoms with Gasteiger partial charge in [0.1, 0.15) is 6.10 Å². The van der Waals surface area contributed by atoms with E-state index < -0.39 is 18.2 Å². The Morgan fingerprint density at radius 2 is 2.06 bits per heavy atom. The van der Waals surface area contributed by atoms with Gasteiger partial charge in [0.05, 0.1) is 6.61 Å². The first kappa shape index (κ1) is 15.4. The molecule has 0 radical (unpaired) electrons. The maximum Gasteiger partial charge on any atom is 0.340 e. The molecule has 0 amide bonds. The van der Waals surface area contributed by atoms with Crippen LogP contribution in [0.2, 0.25) is 0 Å². The molecule has 1 rings (SSSR count). The van der Waals surface area contributed by atoms with Crippen LogP contribution in [0, 0.1) is 17.8 Å². The summed E-state index contributed by atoms with van der Waals surface area (Å²) in [6, 6.07) is 0. The zero-order chi connectivity index (χ0) is 13.9. The van der Waals surface area contributed by atoms with Crippen LogP contribution in [0.3, 0.4) is 0 Å². The van der Waals surface area contributed by atoms with E-state index in [1.807, 2.05) is 0 Å². The van der Waals surface area contributed by atoms with Gasteiger partial charge in [-0.1, -0.05) is 27.2 Å². The zero-order valence-corrected chi connectivity index (χ0v) is 11.8. The van der Waals surface area contributed by atoms with Crippen molar-refractivity contribution >= 4 is 5.97 Å². The van der Waals surface area contributed by atoms with Crippen molar-refractivity contribution < 1.29 is 19.7 Å². The average Bonchev–Trinajstić information content (AvgIpc) is 2.28. The summed E-state index contributed by atoms with van der Waals surface area (Å²) in [5, 5.41) is 18.7. The fourth-order valence-corrected chi connectivity index (χ4v) is 2.58. The number of carbonyl (C=O) groups is 1.